The minimum absolute atomic E-state index is 0.0324. The van der Waals surface area contributed by atoms with E-state index in [-0.39, 0.29) is 23.7 Å². The lowest BCUT2D eigenvalue weighted by molar-refractivity contribution is 0.0867. The molecule has 2 unspecified atom stereocenters. The van der Waals surface area contributed by atoms with E-state index in [1.165, 1.54) is 0 Å². The molecular weight excluding hydrogens is 330 g/mol. The van der Waals surface area contributed by atoms with Gasteiger partial charge in [-0.15, -0.1) is 0 Å². The van der Waals surface area contributed by atoms with E-state index in [1.54, 1.807) is 45.0 Å². The predicted molar refractivity (Wildman–Crippen MR) is 96.9 cm³/mol. The van der Waals surface area contributed by atoms with E-state index in [9.17, 15) is 9.59 Å². The zero-order valence-corrected chi connectivity index (χ0v) is 15.7. The van der Waals surface area contributed by atoms with Gasteiger partial charge >= 0.3 is 0 Å². The fraction of sp³-hybridized carbons (Fsp3) is 0.400. The van der Waals surface area contributed by atoms with E-state index in [2.05, 4.69) is 10.5 Å². The van der Waals surface area contributed by atoms with Gasteiger partial charge < -0.3 is 9.84 Å². The number of rotatable bonds is 6. The Balaban J connectivity index is 2.12. The Labute approximate surface area is 153 Å². The summed E-state index contributed by atoms with van der Waals surface area (Å²) in [6.07, 6.45) is 0. The van der Waals surface area contributed by atoms with Crippen LogP contribution in [-0.2, 0) is 0 Å². The van der Waals surface area contributed by atoms with Crippen molar-refractivity contribution in [2.24, 2.45) is 5.92 Å². The molecule has 0 saturated heterocycles. The van der Waals surface area contributed by atoms with Crippen molar-refractivity contribution in [1.82, 2.24) is 10.5 Å². The van der Waals surface area contributed by atoms with Crippen LogP contribution in [0.1, 0.15) is 71.3 Å². The van der Waals surface area contributed by atoms with E-state index < -0.39 is 5.92 Å². The molecule has 0 aliphatic carbocycles. The van der Waals surface area contributed by atoms with E-state index in [0.29, 0.717) is 28.1 Å². The van der Waals surface area contributed by atoms with Crippen molar-refractivity contribution in [3.05, 3.63) is 52.4 Å². The number of carbonyl (C=O) groups excluding carboxylic acids is 2. The molecule has 1 N–H and O–H groups in total. The molecule has 0 bridgehead atoms. The number of ketones is 1. The second-order valence-corrected chi connectivity index (χ2v) is 6.77. The van der Waals surface area contributed by atoms with Gasteiger partial charge in [0, 0.05) is 23.4 Å². The second-order valence-electron chi connectivity index (χ2n) is 6.77. The van der Waals surface area contributed by atoms with Gasteiger partial charge in [-0.1, -0.05) is 38.1 Å². The average molecular weight is 353 g/mol. The van der Waals surface area contributed by atoms with Crippen LogP contribution in [0.5, 0.6) is 0 Å². The summed E-state index contributed by atoms with van der Waals surface area (Å²) in [4.78, 5) is 25.3. The Hall–Kier alpha value is -2.94. The number of Topliss-reactive ketones (excluding diaryl/α,β-unsaturated/α-hetero) is 1. The van der Waals surface area contributed by atoms with Crippen LogP contribution < -0.4 is 5.32 Å². The maximum absolute atomic E-state index is 12.7. The standard InChI is InChI=1S/C20H23N3O3/c1-11(2)19-17(14(5)23-26-19)20(25)22-13(4)12(3)18(24)16-8-6-15(10-21)7-9-16/h6-9,11-13H,1-5H3,(H,22,25). The third-order valence-corrected chi connectivity index (χ3v) is 4.46. The number of nitrogens with one attached hydrogen (secondary N) is 1. The number of hydrogen-bond donors (Lipinski definition) is 1. The van der Waals surface area contributed by atoms with Gasteiger partial charge in [0.1, 0.15) is 5.56 Å². The van der Waals surface area contributed by atoms with E-state index in [1.807, 2.05) is 19.9 Å². The van der Waals surface area contributed by atoms with Gasteiger partial charge in [0.2, 0.25) is 0 Å². The van der Waals surface area contributed by atoms with Gasteiger partial charge in [0.15, 0.2) is 11.5 Å². The van der Waals surface area contributed by atoms with Gasteiger partial charge in [-0.3, -0.25) is 9.59 Å². The molecule has 26 heavy (non-hydrogen) atoms. The van der Waals surface area contributed by atoms with Crippen LogP contribution in [0.4, 0.5) is 0 Å². The second kappa shape index (κ2) is 7.96. The van der Waals surface area contributed by atoms with Gasteiger partial charge in [-0.25, -0.2) is 0 Å². The summed E-state index contributed by atoms with van der Waals surface area (Å²) in [5, 5.41) is 15.6. The largest absolute Gasteiger partial charge is 0.360 e. The molecule has 2 aromatic rings. The molecule has 0 fully saturated rings. The Morgan fingerprint density at radius 1 is 1.15 bits per heavy atom. The molecule has 2 rings (SSSR count). The molecule has 0 radical (unpaired) electrons. The van der Waals surface area contributed by atoms with Crippen molar-refractivity contribution in [3.8, 4) is 6.07 Å². The zero-order chi connectivity index (χ0) is 19.4. The maximum Gasteiger partial charge on any atom is 0.257 e. The van der Waals surface area contributed by atoms with Crippen LogP contribution >= 0.6 is 0 Å². The van der Waals surface area contributed by atoms with Gasteiger partial charge in [-0.2, -0.15) is 5.26 Å². The monoisotopic (exact) mass is 353 g/mol. The number of nitrogens with zero attached hydrogens (tertiary/aromatic N) is 2. The number of aryl methyl sites for hydroxylation is 1. The summed E-state index contributed by atoms with van der Waals surface area (Å²) >= 11 is 0. The molecule has 1 aromatic heterocycles. The lowest BCUT2D eigenvalue weighted by Crippen LogP contribution is -2.40. The molecule has 0 aliphatic heterocycles. The first-order valence-electron chi connectivity index (χ1n) is 8.57. The van der Waals surface area contributed by atoms with E-state index in [4.69, 9.17) is 9.78 Å². The maximum atomic E-state index is 12.7. The third kappa shape index (κ3) is 3.99. The van der Waals surface area contributed by atoms with Crippen LogP contribution in [-0.4, -0.2) is 22.9 Å². The Kier molecular flexibility index (Phi) is 5.93. The molecule has 1 heterocycles. The summed E-state index contributed by atoms with van der Waals surface area (Å²) in [6.45, 7) is 9.14. The van der Waals surface area contributed by atoms with Crippen LogP contribution in [0.3, 0.4) is 0 Å². The fourth-order valence-electron chi connectivity index (χ4n) is 2.66. The molecule has 0 saturated carbocycles. The molecule has 6 nitrogen and oxygen atoms in total. The first-order chi connectivity index (χ1) is 12.3. The lowest BCUT2D eigenvalue weighted by atomic mass is 9.92. The highest BCUT2D eigenvalue weighted by Gasteiger charge is 2.27. The first-order valence-corrected chi connectivity index (χ1v) is 8.57. The topological polar surface area (TPSA) is 96.0 Å². The molecule has 1 amide bonds. The highest BCUT2D eigenvalue weighted by Crippen LogP contribution is 2.22. The third-order valence-electron chi connectivity index (χ3n) is 4.46. The Morgan fingerprint density at radius 2 is 1.77 bits per heavy atom. The fourth-order valence-corrected chi connectivity index (χ4v) is 2.66. The van der Waals surface area contributed by atoms with E-state index >= 15 is 0 Å². The predicted octanol–water partition coefficient (Wildman–Crippen LogP) is 3.62. The molecule has 0 spiro atoms. The number of amides is 1. The lowest BCUT2D eigenvalue weighted by Gasteiger charge is -2.20. The summed E-state index contributed by atoms with van der Waals surface area (Å²) in [5.74, 6) is -0.231. The van der Waals surface area contributed by atoms with Crippen LogP contribution in [0.15, 0.2) is 28.8 Å². The minimum Gasteiger partial charge on any atom is -0.360 e. The van der Waals surface area contributed by atoms with Gasteiger partial charge in [0.25, 0.3) is 5.91 Å². The smallest absolute Gasteiger partial charge is 0.257 e. The number of aromatic nitrogens is 1. The minimum atomic E-state index is -0.422. The number of carbonyl (C=O) groups is 2. The van der Waals surface area contributed by atoms with Crippen molar-refractivity contribution in [2.45, 2.75) is 46.6 Å². The SMILES string of the molecule is Cc1noc(C(C)C)c1C(=O)NC(C)C(C)C(=O)c1ccc(C#N)cc1. The first kappa shape index (κ1) is 19.4. The van der Waals surface area contributed by atoms with Crippen LogP contribution in [0.2, 0.25) is 0 Å². The quantitative estimate of drug-likeness (QED) is 0.800. The molecule has 6 heteroatoms. The van der Waals surface area contributed by atoms with Crippen molar-refractivity contribution in [2.75, 3.05) is 0 Å². The number of hydrogen-bond acceptors (Lipinski definition) is 5. The summed E-state index contributed by atoms with van der Waals surface area (Å²) in [5.41, 5.74) is 1.98. The molecular formula is C20H23N3O3. The summed E-state index contributed by atoms with van der Waals surface area (Å²) < 4.78 is 5.25. The van der Waals surface area contributed by atoms with E-state index in [0.717, 1.165) is 0 Å². The Bertz CT molecular complexity index is 844. The Morgan fingerprint density at radius 3 is 2.31 bits per heavy atom. The summed E-state index contributed by atoms with van der Waals surface area (Å²) in [6, 6.07) is 8.13. The normalized spacial score (nSPS) is 13.1. The average Bonchev–Trinajstić information content (AvgIpc) is 3.02. The van der Waals surface area contributed by atoms with Gasteiger partial charge in [-0.05, 0) is 26.0 Å². The molecule has 136 valence electrons. The van der Waals surface area contributed by atoms with Crippen molar-refractivity contribution in [3.63, 3.8) is 0 Å². The van der Waals surface area contributed by atoms with Crippen molar-refractivity contribution < 1.29 is 14.1 Å². The molecule has 1 aromatic carbocycles. The summed E-state index contributed by atoms with van der Waals surface area (Å²) in [7, 11) is 0. The van der Waals surface area contributed by atoms with Crippen LogP contribution in [0, 0.1) is 24.2 Å². The number of benzene rings is 1. The van der Waals surface area contributed by atoms with Gasteiger partial charge in [0.05, 0.1) is 17.3 Å². The highest BCUT2D eigenvalue weighted by molar-refractivity contribution is 6.00. The zero-order valence-electron chi connectivity index (χ0n) is 15.7. The van der Waals surface area contributed by atoms with Crippen LogP contribution in [0.25, 0.3) is 0 Å². The highest BCUT2D eigenvalue weighted by atomic mass is 16.5. The van der Waals surface area contributed by atoms with Crippen molar-refractivity contribution in [1.29, 1.82) is 5.26 Å². The molecule has 0 aliphatic rings. The number of nitriles is 1. The van der Waals surface area contributed by atoms with Crippen molar-refractivity contribution >= 4 is 11.7 Å². The molecule has 2 atom stereocenters.